The van der Waals surface area contributed by atoms with Gasteiger partial charge >= 0.3 is 0 Å². The summed E-state index contributed by atoms with van der Waals surface area (Å²) in [5.41, 5.74) is 2.39. The van der Waals surface area contributed by atoms with Gasteiger partial charge in [0, 0.05) is 5.56 Å². The summed E-state index contributed by atoms with van der Waals surface area (Å²) in [5, 5.41) is 11.0. The van der Waals surface area contributed by atoms with E-state index in [2.05, 4.69) is 0 Å². The van der Waals surface area contributed by atoms with Gasteiger partial charge in [-0.15, -0.1) is 0 Å². The van der Waals surface area contributed by atoms with Crippen LogP contribution in [0.5, 0.6) is 0 Å². The second-order valence-corrected chi connectivity index (χ2v) is 6.80. The molecular formula is C18H15Cl2NO3. The fraction of sp³-hybridized carbons (Fsp3) is 0.167. The van der Waals surface area contributed by atoms with Gasteiger partial charge in [0.1, 0.15) is 0 Å². The van der Waals surface area contributed by atoms with Crippen molar-refractivity contribution in [3.05, 3.63) is 87.1 Å². The lowest BCUT2D eigenvalue weighted by molar-refractivity contribution is -0.401. The van der Waals surface area contributed by atoms with E-state index in [0.29, 0.717) is 17.3 Å². The average Bonchev–Trinajstić information content (AvgIpc) is 2.51. The molecule has 2 aromatic carbocycles. The predicted molar refractivity (Wildman–Crippen MR) is 96.1 cm³/mol. The Hall–Kier alpha value is -2.17. The number of hydrogen-bond donors (Lipinski definition) is 0. The van der Waals surface area contributed by atoms with Gasteiger partial charge in [-0.05, 0) is 25.5 Å². The number of rotatable bonds is 5. The third-order valence-corrected chi connectivity index (χ3v) is 4.22. The average molecular weight is 364 g/mol. The molecule has 0 radical (unpaired) electrons. The molecule has 24 heavy (non-hydrogen) atoms. The molecule has 0 bridgehead atoms. The number of alkyl halides is 2. The summed E-state index contributed by atoms with van der Waals surface area (Å²) in [6, 6.07) is 13.6. The van der Waals surface area contributed by atoms with Crippen LogP contribution in [0.25, 0.3) is 5.57 Å². The Balaban J connectivity index is 2.56. The summed E-state index contributed by atoms with van der Waals surface area (Å²) in [7, 11) is 0. The van der Waals surface area contributed by atoms with E-state index in [1.54, 1.807) is 36.4 Å². The summed E-state index contributed by atoms with van der Waals surface area (Å²) in [4.78, 5) is 23.1. The number of nitrogens with zero attached hydrogens (tertiary/aromatic N) is 1. The molecule has 6 heteroatoms. The highest BCUT2D eigenvalue weighted by Gasteiger charge is 2.41. The molecule has 0 atom stereocenters. The lowest BCUT2D eigenvalue weighted by Gasteiger charge is -2.21. The molecule has 0 unspecified atom stereocenters. The van der Waals surface area contributed by atoms with Crippen LogP contribution in [0.1, 0.15) is 27.0 Å². The van der Waals surface area contributed by atoms with Crippen LogP contribution in [0.2, 0.25) is 0 Å². The van der Waals surface area contributed by atoms with E-state index in [9.17, 15) is 14.9 Å². The van der Waals surface area contributed by atoms with Crippen LogP contribution in [0.4, 0.5) is 0 Å². The molecule has 124 valence electrons. The van der Waals surface area contributed by atoms with E-state index in [0.717, 1.165) is 11.1 Å². The topological polar surface area (TPSA) is 60.2 Å². The van der Waals surface area contributed by atoms with Crippen molar-refractivity contribution in [1.82, 2.24) is 0 Å². The number of halogens is 2. The van der Waals surface area contributed by atoms with Crippen molar-refractivity contribution < 1.29 is 9.72 Å². The van der Waals surface area contributed by atoms with Crippen LogP contribution in [-0.4, -0.2) is 15.0 Å². The van der Waals surface area contributed by atoms with E-state index in [1.165, 1.54) is 0 Å². The smallest absolute Gasteiger partial charge is 0.241 e. The Morgan fingerprint density at radius 1 is 1.04 bits per heavy atom. The largest absolute Gasteiger partial charge is 0.290 e. The minimum Gasteiger partial charge on any atom is -0.290 e. The molecular weight excluding hydrogens is 349 g/mol. The first-order valence-electron chi connectivity index (χ1n) is 7.14. The number of nitro groups is 1. The fourth-order valence-corrected chi connectivity index (χ4v) is 2.88. The minimum absolute atomic E-state index is 0.0639. The van der Waals surface area contributed by atoms with E-state index < -0.39 is 15.0 Å². The number of ketones is 1. The Bertz CT molecular complexity index is 829. The number of aryl methyl sites for hydroxylation is 2. The van der Waals surface area contributed by atoms with Gasteiger partial charge in [-0.1, -0.05) is 76.8 Å². The third-order valence-electron chi connectivity index (χ3n) is 3.47. The summed E-state index contributed by atoms with van der Waals surface area (Å²) >= 11 is 12.6. The van der Waals surface area contributed by atoms with Gasteiger partial charge in [-0.25, -0.2) is 0 Å². The van der Waals surface area contributed by atoms with Gasteiger partial charge in [0.05, 0.1) is 10.5 Å². The van der Waals surface area contributed by atoms with Crippen LogP contribution in [0.15, 0.2) is 54.7 Å². The second-order valence-electron chi connectivity index (χ2n) is 5.47. The molecule has 2 aromatic rings. The number of allylic oxidation sites excluding steroid dienone is 1. The molecule has 0 fully saturated rings. The van der Waals surface area contributed by atoms with E-state index in [1.807, 2.05) is 26.0 Å². The van der Waals surface area contributed by atoms with E-state index >= 15 is 0 Å². The SMILES string of the molecule is Cc1cccc(C(=O)C(Cl)(Cl)C(=C[N+](=O)[O-])c2cccc(C)c2)c1. The molecule has 0 saturated heterocycles. The van der Waals surface area contributed by atoms with Crippen molar-refractivity contribution in [2.24, 2.45) is 0 Å². The lowest BCUT2D eigenvalue weighted by Crippen LogP contribution is -2.28. The first kappa shape index (κ1) is 18.2. The van der Waals surface area contributed by atoms with Crippen molar-refractivity contribution in [3.8, 4) is 0 Å². The maximum atomic E-state index is 12.8. The minimum atomic E-state index is -2.07. The summed E-state index contributed by atoms with van der Waals surface area (Å²) in [6.07, 6.45) is 0.683. The highest BCUT2D eigenvalue weighted by atomic mass is 35.5. The lowest BCUT2D eigenvalue weighted by atomic mass is 9.95. The maximum Gasteiger partial charge on any atom is 0.241 e. The predicted octanol–water partition coefficient (Wildman–Crippen LogP) is 4.98. The quantitative estimate of drug-likeness (QED) is 0.325. The first-order chi connectivity index (χ1) is 11.2. The Morgan fingerprint density at radius 2 is 1.54 bits per heavy atom. The number of Topliss-reactive ketones (excluding diaryl/α,β-unsaturated/α-hetero) is 1. The van der Waals surface area contributed by atoms with Crippen molar-refractivity contribution in [2.45, 2.75) is 18.2 Å². The Morgan fingerprint density at radius 3 is 2.04 bits per heavy atom. The number of hydrogen-bond acceptors (Lipinski definition) is 3. The molecule has 0 spiro atoms. The normalized spacial score (nSPS) is 12.1. The van der Waals surface area contributed by atoms with Crippen LogP contribution in [0.3, 0.4) is 0 Å². The van der Waals surface area contributed by atoms with Crippen molar-refractivity contribution in [1.29, 1.82) is 0 Å². The Kier molecular flexibility index (Phi) is 5.42. The summed E-state index contributed by atoms with van der Waals surface area (Å²) in [6.45, 7) is 3.66. The molecule has 0 heterocycles. The molecule has 0 aromatic heterocycles. The van der Waals surface area contributed by atoms with Gasteiger partial charge in [0.2, 0.25) is 16.3 Å². The zero-order valence-corrected chi connectivity index (χ0v) is 14.6. The summed E-state index contributed by atoms with van der Waals surface area (Å²) < 4.78 is -2.07. The van der Waals surface area contributed by atoms with Crippen LogP contribution in [0, 0.1) is 24.0 Å². The number of carbonyl (C=O) groups excluding carboxylic acids is 1. The fourth-order valence-electron chi connectivity index (χ4n) is 2.34. The monoisotopic (exact) mass is 363 g/mol. The van der Waals surface area contributed by atoms with Gasteiger partial charge in [-0.2, -0.15) is 0 Å². The highest BCUT2D eigenvalue weighted by molar-refractivity contribution is 6.65. The molecule has 0 saturated carbocycles. The van der Waals surface area contributed by atoms with Crippen LogP contribution in [-0.2, 0) is 0 Å². The van der Waals surface area contributed by atoms with Crippen molar-refractivity contribution >= 4 is 34.6 Å². The zero-order valence-electron chi connectivity index (χ0n) is 13.1. The molecule has 0 amide bonds. The zero-order chi connectivity index (χ0) is 17.9. The molecule has 0 aliphatic rings. The van der Waals surface area contributed by atoms with Crippen LogP contribution >= 0.6 is 23.2 Å². The van der Waals surface area contributed by atoms with Crippen molar-refractivity contribution in [2.75, 3.05) is 0 Å². The Labute approximate surface area is 149 Å². The standard InChI is InChI=1S/C18H15Cl2NO3/c1-12-5-3-7-14(9-12)16(11-21(23)24)18(19,20)17(22)15-8-4-6-13(2)10-15/h3-11H,1-2H3. The van der Waals surface area contributed by atoms with E-state index in [-0.39, 0.29) is 5.57 Å². The van der Waals surface area contributed by atoms with Gasteiger partial charge in [-0.3, -0.25) is 14.9 Å². The third kappa shape index (κ3) is 4.02. The molecule has 0 aliphatic heterocycles. The second kappa shape index (κ2) is 7.16. The van der Waals surface area contributed by atoms with Gasteiger partial charge in [0.25, 0.3) is 0 Å². The molecule has 0 N–H and O–H groups in total. The van der Waals surface area contributed by atoms with Gasteiger partial charge in [0.15, 0.2) is 0 Å². The maximum absolute atomic E-state index is 12.8. The number of benzene rings is 2. The van der Waals surface area contributed by atoms with Gasteiger partial charge < -0.3 is 0 Å². The molecule has 2 rings (SSSR count). The van der Waals surface area contributed by atoms with E-state index in [4.69, 9.17) is 23.2 Å². The molecule has 4 nitrogen and oxygen atoms in total. The molecule has 0 aliphatic carbocycles. The first-order valence-corrected chi connectivity index (χ1v) is 7.89. The van der Waals surface area contributed by atoms with Crippen LogP contribution < -0.4 is 0 Å². The summed E-state index contributed by atoms with van der Waals surface area (Å²) in [5.74, 6) is -0.607. The highest BCUT2D eigenvalue weighted by Crippen LogP contribution is 2.40. The van der Waals surface area contributed by atoms with Crippen molar-refractivity contribution in [3.63, 3.8) is 0 Å². The number of carbonyl (C=O) groups is 1.